The molecule has 0 saturated heterocycles. The van der Waals surface area contributed by atoms with Crippen LogP contribution in [0.1, 0.15) is 17.5 Å². The fourth-order valence-electron chi connectivity index (χ4n) is 2.33. The van der Waals surface area contributed by atoms with Crippen molar-refractivity contribution < 1.29 is 5.11 Å². The Hall–Kier alpha value is -1.06. The molecule has 0 heterocycles. The van der Waals surface area contributed by atoms with E-state index in [-0.39, 0.29) is 12.4 Å². The summed E-state index contributed by atoms with van der Waals surface area (Å²) < 4.78 is 0. The van der Waals surface area contributed by atoms with E-state index in [1.165, 1.54) is 0 Å². The predicted molar refractivity (Wildman–Crippen MR) is 91.3 cm³/mol. The molecular formula is C17H21Cl2NO. The summed E-state index contributed by atoms with van der Waals surface area (Å²) in [5, 5.41) is 11.9. The summed E-state index contributed by atoms with van der Waals surface area (Å²) in [6, 6.07) is 17.2. The number of hydrogen-bond donors (Lipinski definition) is 1. The van der Waals surface area contributed by atoms with Crippen LogP contribution < -0.4 is 0 Å². The molecule has 4 heteroatoms. The van der Waals surface area contributed by atoms with Gasteiger partial charge in [-0.15, -0.1) is 12.4 Å². The molecule has 0 radical (unpaired) electrons. The van der Waals surface area contributed by atoms with Crippen molar-refractivity contribution in [3.8, 4) is 0 Å². The molecule has 0 spiro atoms. The molecule has 2 rings (SSSR count). The van der Waals surface area contributed by atoms with Crippen LogP contribution in [0.3, 0.4) is 0 Å². The molecule has 2 aromatic rings. The molecule has 2 aromatic carbocycles. The number of aliphatic hydroxyl groups is 1. The van der Waals surface area contributed by atoms with E-state index in [1.54, 1.807) is 0 Å². The minimum atomic E-state index is -1.07. The van der Waals surface area contributed by atoms with E-state index >= 15 is 0 Å². The Morgan fingerprint density at radius 1 is 1.00 bits per heavy atom. The van der Waals surface area contributed by atoms with Gasteiger partial charge in [0.05, 0.1) is 0 Å². The van der Waals surface area contributed by atoms with Crippen LogP contribution in [-0.2, 0) is 5.60 Å². The van der Waals surface area contributed by atoms with E-state index in [9.17, 15) is 5.11 Å². The highest BCUT2D eigenvalue weighted by Gasteiger charge is 2.32. The van der Waals surface area contributed by atoms with E-state index in [4.69, 9.17) is 11.6 Å². The molecule has 0 saturated carbocycles. The average Bonchev–Trinajstić information content (AvgIpc) is 2.46. The topological polar surface area (TPSA) is 23.5 Å². The summed E-state index contributed by atoms with van der Waals surface area (Å²) in [5.41, 5.74) is 0.564. The van der Waals surface area contributed by atoms with Crippen LogP contribution in [0.15, 0.2) is 54.6 Å². The van der Waals surface area contributed by atoms with E-state index in [2.05, 4.69) is 4.90 Å². The molecule has 0 amide bonds. The molecule has 114 valence electrons. The second-order valence-corrected chi connectivity index (χ2v) is 5.67. The normalized spacial score (nSPS) is 13.6. The van der Waals surface area contributed by atoms with Crippen LogP contribution in [0.25, 0.3) is 0 Å². The largest absolute Gasteiger partial charge is 0.380 e. The zero-order valence-electron chi connectivity index (χ0n) is 12.3. The van der Waals surface area contributed by atoms with E-state index in [0.717, 1.165) is 17.7 Å². The Balaban J connectivity index is 0.00000220. The van der Waals surface area contributed by atoms with Crippen molar-refractivity contribution in [2.24, 2.45) is 0 Å². The standard InChI is InChI=1S/C17H20ClNO.ClH/c1-19(2)13-12-17(20,14-8-4-3-5-9-14)15-10-6-7-11-16(15)18;/h3-11,20H,12-13H2,1-2H3;1H/t17-;/m1./s1. The number of halogens is 2. The summed E-state index contributed by atoms with van der Waals surface area (Å²) in [4.78, 5) is 2.06. The third-order valence-corrected chi connectivity index (χ3v) is 3.82. The lowest BCUT2D eigenvalue weighted by Gasteiger charge is -2.31. The van der Waals surface area contributed by atoms with Crippen molar-refractivity contribution in [2.75, 3.05) is 20.6 Å². The summed E-state index contributed by atoms with van der Waals surface area (Å²) in [6.07, 6.45) is 0.591. The van der Waals surface area contributed by atoms with Gasteiger partial charge in [-0.05, 0) is 32.1 Å². The van der Waals surface area contributed by atoms with Crippen LogP contribution in [0.4, 0.5) is 0 Å². The number of nitrogens with zero attached hydrogens (tertiary/aromatic N) is 1. The molecule has 2 nitrogen and oxygen atoms in total. The molecule has 1 N–H and O–H groups in total. The van der Waals surface area contributed by atoms with Gasteiger partial charge in [0.15, 0.2) is 0 Å². The Morgan fingerprint density at radius 2 is 1.57 bits per heavy atom. The smallest absolute Gasteiger partial charge is 0.117 e. The third-order valence-electron chi connectivity index (χ3n) is 3.49. The highest BCUT2D eigenvalue weighted by atomic mass is 35.5. The molecule has 0 bridgehead atoms. The first-order valence-electron chi connectivity index (χ1n) is 6.71. The summed E-state index contributed by atoms with van der Waals surface area (Å²) in [5.74, 6) is 0. The first-order chi connectivity index (χ1) is 9.54. The second kappa shape index (κ2) is 7.81. The van der Waals surface area contributed by atoms with Gasteiger partial charge in [0.1, 0.15) is 5.60 Å². The Kier molecular flexibility index (Phi) is 6.69. The van der Waals surface area contributed by atoms with Crippen molar-refractivity contribution >= 4 is 24.0 Å². The fourth-order valence-corrected chi connectivity index (χ4v) is 2.62. The molecule has 0 aliphatic carbocycles. The zero-order chi connectivity index (χ0) is 14.6. The maximum Gasteiger partial charge on any atom is 0.117 e. The maximum absolute atomic E-state index is 11.3. The summed E-state index contributed by atoms with van der Waals surface area (Å²) in [7, 11) is 4.00. The van der Waals surface area contributed by atoms with Gasteiger partial charge in [-0.1, -0.05) is 60.1 Å². The van der Waals surface area contributed by atoms with Crippen LogP contribution in [0.5, 0.6) is 0 Å². The summed E-state index contributed by atoms with van der Waals surface area (Å²) >= 11 is 6.30. The van der Waals surface area contributed by atoms with E-state index < -0.39 is 5.60 Å². The lowest BCUT2D eigenvalue weighted by atomic mass is 9.83. The SMILES string of the molecule is CN(C)CC[C@@](O)(c1ccccc1)c1ccccc1Cl.Cl. The fraction of sp³-hybridized carbons (Fsp3) is 0.294. The predicted octanol–water partition coefficient (Wildman–Crippen LogP) is 3.95. The van der Waals surface area contributed by atoms with Gasteiger partial charge in [0.25, 0.3) is 0 Å². The van der Waals surface area contributed by atoms with Crippen molar-refractivity contribution in [1.82, 2.24) is 4.90 Å². The molecule has 1 atom stereocenters. The zero-order valence-corrected chi connectivity index (χ0v) is 13.9. The summed E-state index contributed by atoms with van der Waals surface area (Å²) in [6.45, 7) is 0.774. The average molecular weight is 326 g/mol. The lowest BCUT2D eigenvalue weighted by Crippen LogP contribution is -2.32. The lowest BCUT2D eigenvalue weighted by molar-refractivity contribution is 0.0630. The molecule has 0 aliphatic rings. The molecule has 21 heavy (non-hydrogen) atoms. The van der Waals surface area contributed by atoms with E-state index in [0.29, 0.717) is 11.4 Å². The minimum absolute atomic E-state index is 0. The first kappa shape index (κ1) is 18.0. The molecule has 0 aromatic heterocycles. The number of hydrogen-bond acceptors (Lipinski definition) is 2. The second-order valence-electron chi connectivity index (χ2n) is 5.26. The molecular weight excluding hydrogens is 305 g/mol. The number of benzene rings is 2. The highest BCUT2D eigenvalue weighted by molar-refractivity contribution is 6.31. The van der Waals surface area contributed by atoms with Crippen LogP contribution in [0.2, 0.25) is 5.02 Å². The molecule has 0 aliphatic heterocycles. The van der Waals surface area contributed by atoms with Crippen LogP contribution >= 0.6 is 24.0 Å². The molecule has 0 unspecified atom stereocenters. The maximum atomic E-state index is 11.3. The third kappa shape index (κ3) is 4.21. The Morgan fingerprint density at radius 3 is 2.14 bits per heavy atom. The Labute approximate surface area is 137 Å². The van der Waals surface area contributed by atoms with Gasteiger partial charge < -0.3 is 10.0 Å². The van der Waals surface area contributed by atoms with Crippen molar-refractivity contribution in [3.63, 3.8) is 0 Å². The van der Waals surface area contributed by atoms with Gasteiger partial charge >= 0.3 is 0 Å². The minimum Gasteiger partial charge on any atom is -0.380 e. The van der Waals surface area contributed by atoms with E-state index in [1.807, 2.05) is 68.7 Å². The molecule has 0 fully saturated rings. The quantitative estimate of drug-likeness (QED) is 0.899. The highest BCUT2D eigenvalue weighted by Crippen LogP contribution is 2.36. The van der Waals surface area contributed by atoms with Gasteiger partial charge in [-0.3, -0.25) is 0 Å². The van der Waals surface area contributed by atoms with Gasteiger partial charge in [0.2, 0.25) is 0 Å². The number of rotatable bonds is 5. The van der Waals surface area contributed by atoms with Crippen molar-refractivity contribution in [3.05, 3.63) is 70.7 Å². The Bertz CT molecular complexity index is 560. The van der Waals surface area contributed by atoms with Gasteiger partial charge in [-0.25, -0.2) is 0 Å². The van der Waals surface area contributed by atoms with Crippen molar-refractivity contribution in [1.29, 1.82) is 0 Å². The van der Waals surface area contributed by atoms with Gasteiger partial charge in [-0.2, -0.15) is 0 Å². The van der Waals surface area contributed by atoms with Crippen LogP contribution in [0, 0.1) is 0 Å². The van der Waals surface area contributed by atoms with Crippen molar-refractivity contribution in [2.45, 2.75) is 12.0 Å². The first-order valence-corrected chi connectivity index (χ1v) is 7.09. The van der Waals surface area contributed by atoms with Gasteiger partial charge in [0, 0.05) is 17.1 Å². The monoisotopic (exact) mass is 325 g/mol. The van der Waals surface area contributed by atoms with Crippen LogP contribution in [-0.4, -0.2) is 30.6 Å².